The van der Waals surface area contributed by atoms with Crippen molar-refractivity contribution in [1.82, 2.24) is 5.32 Å². The standard InChI is InChI=1S/C15H21N3O3/c1-11-7-8-13(9-14(11)18(20)21)17-15(19)16-10-12-5-3-2-4-6-12/h7-9,12H,2-6,10H2,1H3,(H2,16,17,19). The van der Waals surface area contributed by atoms with Gasteiger partial charge in [0, 0.05) is 23.9 Å². The first-order valence-electron chi connectivity index (χ1n) is 7.36. The van der Waals surface area contributed by atoms with E-state index in [1.807, 2.05) is 0 Å². The molecule has 2 amide bonds. The first kappa shape index (κ1) is 15.3. The van der Waals surface area contributed by atoms with Crippen molar-refractivity contribution < 1.29 is 9.72 Å². The van der Waals surface area contributed by atoms with Crippen LogP contribution < -0.4 is 10.6 Å². The van der Waals surface area contributed by atoms with Gasteiger partial charge in [0.25, 0.3) is 5.69 Å². The van der Waals surface area contributed by atoms with Gasteiger partial charge in [0.15, 0.2) is 0 Å². The molecule has 1 aromatic carbocycles. The van der Waals surface area contributed by atoms with Gasteiger partial charge in [0.2, 0.25) is 0 Å². The lowest BCUT2D eigenvalue weighted by atomic mass is 9.89. The van der Waals surface area contributed by atoms with E-state index in [9.17, 15) is 14.9 Å². The quantitative estimate of drug-likeness (QED) is 0.656. The zero-order valence-corrected chi connectivity index (χ0v) is 12.2. The first-order chi connectivity index (χ1) is 10.1. The molecule has 0 aromatic heterocycles. The van der Waals surface area contributed by atoms with Crippen LogP contribution in [0, 0.1) is 23.0 Å². The Morgan fingerprint density at radius 1 is 1.33 bits per heavy atom. The highest BCUT2D eigenvalue weighted by molar-refractivity contribution is 5.89. The fourth-order valence-electron chi connectivity index (χ4n) is 2.69. The van der Waals surface area contributed by atoms with E-state index in [2.05, 4.69) is 10.6 Å². The Hall–Kier alpha value is -2.11. The minimum Gasteiger partial charge on any atom is -0.338 e. The number of urea groups is 1. The molecule has 0 saturated heterocycles. The smallest absolute Gasteiger partial charge is 0.319 e. The van der Waals surface area contributed by atoms with E-state index in [1.54, 1.807) is 19.1 Å². The number of nitrogens with zero attached hydrogens (tertiary/aromatic N) is 1. The van der Waals surface area contributed by atoms with Gasteiger partial charge in [-0.3, -0.25) is 10.1 Å². The Morgan fingerprint density at radius 2 is 2.05 bits per heavy atom. The number of amides is 2. The SMILES string of the molecule is Cc1ccc(NC(=O)NCC2CCCCC2)cc1[N+](=O)[O-]. The lowest BCUT2D eigenvalue weighted by molar-refractivity contribution is -0.385. The van der Waals surface area contributed by atoms with Crippen LogP contribution in [0.3, 0.4) is 0 Å². The van der Waals surface area contributed by atoms with Gasteiger partial charge in [-0.2, -0.15) is 0 Å². The Bertz CT molecular complexity index is 525. The van der Waals surface area contributed by atoms with Gasteiger partial charge in [-0.15, -0.1) is 0 Å². The molecule has 1 aromatic rings. The van der Waals surface area contributed by atoms with E-state index < -0.39 is 4.92 Å². The summed E-state index contributed by atoms with van der Waals surface area (Å²) in [5.41, 5.74) is 1.03. The number of nitro benzene ring substituents is 1. The summed E-state index contributed by atoms with van der Waals surface area (Å²) in [5.74, 6) is 0.553. The van der Waals surface area contributed by atoms with Crippen LogP contribution in [-0.2, 0) is 0 Å². The van der Waals surface area contributed by atoms with Crippen molar-refractivity contribution in [2.24, 2.45) is 5.92 Å². The third kappa shape index (κ3) is 4.44. The van der Waals surface area contributed by atoms with Crippen LogP contribution in [0.1, 0.15) is 37.7 Å². The lowest BCUT2D eigenvalue weighted by Crippen LogP contribution is -2.33. The Morgan fingerprint density at radius 3 is 2.71 bits per heavy atom. The Labute approximate surface area is 124 Å². The van der Waals surface area contributed by atoms with Gasteiger partial charge >= 0.3 is 6.03 Å². The van der Waals surface area contributed by atoms with Crippen molar-refractivity contribution in [1.29, 1.82) is 0 Å². The zero-order valence-electron chi connectivity index (χ0n) is 12.2. The second-order valence-corrected chi connectivity index (χ2v) is 5.60. The number of anilines is 1. The fourth-order valence-corrected chi connectivity index (χ4v) is 2.69. The highest BCUT2D eigenvalue weighted by atomic mass is 16.6. The van der Waals surface area contributed by atoms with Crippen LogP contribution in [0.4, 0.5) is 16.2 Å². The van der Waals surface area contributed by atoms with E-state index in [-0.39, 0.29) is 11.7 Å². The summed E-state index contributed by atoms with van der Waals surface area (Å²) in [6.45, 7) is 2.34. The highest BCUT2D eigenvalue weighted by Gasteiger charge is 2.15. The summed E-state index contributed by atoms with van der Waals surface area (Å²) in [6.07, 6.45) is 6.08. The minimum atomic E-state index is -0.444. The Balaban J connectivity index is 1.87. The molecule has 6 heteroatoms. The highest BCUT2D eigenvalue weighted by Crippen LogP contribution is 2.23. The van der Waals surface area contributed by atoms with Gasteiger partial charge in [-0.25, -0.2) is 4.79 Å². The van der Waals surface area contributed by atoms with Gasteiger partial charge < -0.3 is 10.6 Å². The number of carbonyl (C=O) groups is 1. The molecular weight excluding hydrogens is 270 g/mol. The molecule has 114 valence electrons. The van der Waals surface area contributed by atoms with Crippen LogP contribution in [0.2, 0.25) is 0 Å². The number of nitro groups is 1. The largest absolute Gasteiger partial charge is 0.338 e. The molecular formula is C15H21N3O3. The third-order valence-electron chi connectivity index (χ3n) is 3.94. The molecule has 0 spiro atoms. The molecule has 0 heterocycles. The number of rotatable bonds is 4. The number of hydrogen-bond acceptors (Lipinski definition) is 3. The number of benzene rings is 1. The fraction of sp³-hybridized carbons (Fsp3) is 0.533. The maximum absolute atomic E-state index is 11.8. The molecule has 0 unspecified atom stereocenters. The second kappa shape index (κ2) is 7.06. The minimum absolute atomic E-state index is 0.0140. The summed E-state index contributed by atoms with van der Waals surface area (Å²) in [7, 11) is 0. The molecule has 0 radical (unpaired) electrons. The van der Waals surface area contributed by atoms with Crippen molar-refractivity contribution in [3.05, 3.63) is 33.9 Å². The summed E-state index contributed by atoms with van der Waals surface area (Å²) in [5, 5.41) is 16.4. The molecule has 0 bridgehead atoms. The number of nitrogens with one attached hydrogen (secondary N) is 2. The maximum atomic E-state index is 11.8. The van der Waals surface area contributed by atoms with E-state index in [4.69, 9.17) is 0 Å². The average Bonchev–Trinajstić information content (AvgIpc) is 2.48. The number of hydrogen-bond donors (Lipinski definition) is 2. The van der Waals surface area contributed by atoms with E-state index in [1.165, 1.54) is 25.3 Å². The molecule has 1 saturated carbocycles. The van der Waals surface area contributed by atoms with E-state index in [0.29, 0.717) is 23.7 Å². The second-order valence-electron chi connectivity index (χ2n) is 5.60. The molecule has 6 nitrogen and oxygen atoms in total. The molecule has 0 aliphatic heterocycles. The predicted molar refractivity (Wildman–Crippen MR) is 81.4 cm³/mol. The Kier molecular flexibility index (Phi) is 5.14. The van der Waals surface area contributed by atoms with Crippen LogP contribution in [0.15, 0.2) is 18.2 Å². The van der Waals surface area contributed by atoms with Crippen LogP contribution >= 0.6 is 0 Å². The van der Waals surface area contributed by atoms with Crippen molar-refractivity contribution in [3.63, 3.8) is 0 Å². The van der Waals surface area contributed by atoms with Gasteiger partial charge in [0.05, 0.1) is 4.92 Å². The molecule has 0 atom stereocenters. The molecule has 2 N–H and O–H groups in total. The third-order valence-corrected chi connectivity index (χ3v) is 3.94. The molecule has 1 aliphatic carbocycles. The van der Waals surface area contributed by atoms with Crippen molar-refractivity contribution in [3.8, 4) is 0 Å². The normalized spacial score (nSPS) is 15.5. The van der Waals surface area contributed by atoms with Crippen molar-refractivity contribution >= 4 is 17.4 Å². The molecule has 1 fully saturated rings. The summed E-state index contributed by atoms with van der Waals surface area (Å²) in [6, 6.07) is 4.38. The van der Waals surface area contributed by atoms with E-state index >= 15 is 0 Å². The molecule has 2 rings (SSSR count). The number of carbonyl (C=O) groups excluding carboxylic acids is 1. The summed E-state index contributed by atoms with van der Waals surface area (Å²) < 4.78 is 0. The monoisotopic (exact) mass is 291 g/mol. The summed E-state index contributed by atoms with van der Waals surface area (Å²) in [4.78, 5) is 22.3. The summed E-state index contributed by atoms with van der Waals surface area (Å²) >= 11 is 0. The first-order valence-corrected chi connectivity index (χ1v) is 7.36. The van der Waals surface area contributed by atoms with Gasteiger partial charge in [-0.05, 0) is 31.7 Å². The van der Waals surface area contributed by atoms with Gasteiger partial charge in [0.1, 0.15) is 0 Å². The van der Waals surface area contributed by atoms with Gasteiger partial charge in [-0.1, -0.05) is 25.3 Å². The maximum Gasteiger partial charge on any atom is 0.319 e. The molecule has 21 heavy (non-hydrogen) atoms. The average molecular weight is 291 g/mol. The lowest BCUT2D eigenvalue weighted by Gasteiger charge is -2.21. The van der Waals surface area contributed by atoms with Crippen LogP contribution in [0.5, 0.6) is 0 Å². The topological polar surface area (TPSA) is 84.3 Å². The zero-order chi connectivity index (χ0) is 15.2. The van der Waals surface area contributed by atoms with Crippen LogP contribution in [-0.4, -0.2) is 17.5 Å². The van der Waals surface area contributed by atoms with Crippen molar-refractivity contribution in [2.75, 3.05) is 11.9 Å². The van der Waals surface area contributed by atoms with E-state index in [0.717, 1.165) is 12.8 Å². The van der Waals surface area contributed by atoms with Crippen molar-refractivity contribution in [2.45, 2.75) is 39.0 Å². The number of aryl methyl sites for hydroxylation is 1. The van der Waals surface area contributed by atoms with Crippen LogP contribution in [0.25, 0.3) is 0 Å². The predicted octanol–water partition coefficient (Wildman–Crippen LogP) is 3.61. The molecule has 1 aliphatic rings.